The number of amides is 1. The number of nitrogens with zero attached hydrogens (tertiary/aromatic N) is 2. The van der Waals surface area contributed by atoms with Gasteiger partial charge in [0, 0.05) is 18.0 Å². The summed E-state index contributed by atoms with van der Waals surface area (Å²) in [6.45, 7) is 0. The van der Waals surface area contributed by atoms with E-state index in [2.05, 4.69) is 38.1 Å². The molecule has 0 spiro atoms. The quantitative estimate of drug-likeness (QED) is 0.528. The van der Waals surface area contributed by atoms with E-state index in [1.54, 1.807) is 30.6 Å². The Hall–Kier alpha value is -1.70. The number of hydrazone groups is 1. The summed E-state index contributed by atoms with van der Waals surface area (Å²) in [6, 6.07) is 6.80. The van der Waals surface area contributed by atoms with Crippen LogP contribution in [0.3, 0.4) is 0 Å². The molecule has 0 aliphatic rings. The standard InChI is InChI=1S/C11H8IN3O2/c12-10-2-1-9(17-10)7-14-15-11(16)8-3-5-13-6-4-8/h1-7H,(H,15,16). The molecule has 0 atom stereocenters. The molecule has 0 bridgehead atoms. The predicted octanol–water partition coefficient (Wildman–Crippen LogP) is 2.04. The van der Waals surface area contributed by atoms with Crippen LogP contribution in [0.4, 0.5) is 0 Å². The number of pyridine rings is 1. The average Bonchev–Trinajstić information content (AvgIpc) is 2.76. The third-order valence-electron chi connectivity index (χ3n) is 1.89. The summed E-state index contributed by atoms with van der Waals surface area (Å²) in [6.07, 6.45) is 4.54. The first kappa shape index (κ1) is 11.8. The van der Waals surface area contributed by atoms with Crippen LogP contribution in [0.5, 0.6) is 0 Å². The normalized spacial score (nSPS) is 10.6. The lowest BCUT2D eigenvalue weighted by molar-refractivity contribution is 0.0955. The van der Waals surface area contributed by atoms with Gasteiger partial charge in [-0.15, -0.1) is 0 Å². The molecule has 0 unspecified atom stereocenters. The van der Waals surface area contributed by atoms with Crippen molar-refractivity contribution in [2.45, 2.75) is 0 Å². The highest BCUT2D eigenvalue weighted by Gasteiger charge is 2.02. The van der Waals surface area contributed by atoms with E-state index in [1.807, 2.05) is 6.07 Å². The summed E-state index contributed by atoms with van der Waals surface area (Å²) in [7, 11) is 0. The molecule has 1 amide bonds. The number of carbonyl (C=O) groups is 1. The van der Waals surface area contributed by atoms with E-state index in [-0.39, 0.29) is 5.91 Å². The molecular weight excluding hydrogens is 333 g/mol. The number of rotatable bonds is 3. The van der Waals surface area contributed by atoms with Crippen molar-refractivity contribution in [1.29, 1.82) is 0 Å². The molecule has 0 fully saturated rings. The summed E-state index contributed by atoms with van der Waals surface area (Å²) in [5.74, 6) is 0.300. The van der Waals surface area contributed by atoms with Crippen LogP contribution in [-0.2, 0) is 0 Å². The van der Waals surface area contributed by atoms with E-state index in [4.69, 9.17) is 4.42 Å². The van der Waals surface area contributed by atoms with Gasteiger partial charge in [0.05, 0.1) is 6.21 Å². The lowest BCUT2D eigenvalue weighted by Crippen LogP contribution is -2.17. The Morgan fingerprint density at radius 3 is 2.76 bits per heavy atom. The molecule has 2 aromatic rings. The van der Waals surface area contributed by atoms with Gasteiger partial charge in [-0.2, -0.15) is 5.10 Å². The number of furan rings is 1. The van der Waals surface area contributed by atoms with Gasteiger partial charge in [-0.05, 0) is 46.9 Å². The summed E-state index contributed by atoms with van der Waals surface area (Å²) in [5, 5.41) is 3.79. The second-order valence-electron chi connectivity index (χ2n) is 3.08. The Morgan fingerprint density at radius 2 is 2.12 bits per heavy atom. The molecule has 6 heteroatoms. The van der Waals surface area contributed by atoms with Gasteiger partial charge in [-0.25, -0.2) is 5.43 Å². The van der Waals surface area contributed by atoms with E-state index >= 15 is 0 Å². The molecule has 0 saturated heterocycles. The van der Waals surface area contributed by atoms with Gasteiger partial charge < -0.3 is 4.42 Å². The smallest absolute Gasteiger partial charge is 0.271 e. The Balaban J connectivity index is 1.95. The summed E-state index contributed by atoms with van der Waals surface area (Å²) in [5.41, 5.74) is 2.90. The van der Waals surface area contributed by atoms with Crippen LogP contribution < -0.4 is 5.43 Å². The molecule has 17 heavy (non-hydrogen) atoms. The van der Waals surface area contributed by atoms with E-state index in [1.165, 1.54) is 6.21 Å². The van der Waals surface area contributed by atoms with Crippen molar-refractivity contribution in [2.24, 2.45) is 5.10 Å². The SMILES string of the molecule is O=C(NN=Cc1ccc(I)o1)c1ccncc1. The topological polar surface area (TPSA) is 67.5 Å². The third-order valence-corrected chi connectivity index (χ3v) is 2.47. The predicted molar refractivity (Wildman–Crippen MR) is 70.7 cm³/mol. The van der Waals surface area contributed by atoms with E-state index in [0.717, 1.165) is 3.77 Å². The fourth-order valence-electron chi connectivity index (χ4n) is 1.12. The van der Waals surface area contributed by atoms with Crippen molar-refractivity contribution in [2.75, 3.05) is 0 Å². The Labute approximate surface area is 111 Å². The zero-order valence-corrected chi connectivity index (χ0v) is 10.8. The molecular formula is C11H8IN3O2. The van der Waals surface area contributed by atoms with Crippen molar-refractivity contribution in [1.82, 2.24) is 10.4 Å². The van der Waals surface area contributed by atoms with Crippen LogP contribution in [0.1, 0.15) is 16.1 Å². The average molecular weight is 341 g/mol. The molecule has 0 radical (unpaired) electrons. The fourth-order valence-corrected chi connectivity index (χ4v) is 1.55. The van der Waals surface area contributed by atoms with E-state index in [0.29, 0.717) is 11.3 Å². The number of halogens is 1. The maximum absolute atomic E-state index is 11.6. The van der Waals surface area contributed by atoms with Crippen molar-refractivity contribution in [3.05, 3.63) is 51.7 Å². The molecule has 0 aromatic carbocycles. The highest BCUT2D eigenvalue weighted by molar-refractivity contribution is 14.1. The van der Waals surface area contributed by atoms with Crippen LogP contribution in [0.25, 0.3) is 0 Å². The van der Waals surface area contributed by atoms with Crippen molar-refractivity contribution >= 4 is 34.7 Å². The molecule has 1 N–H and O–H groups in total. The van der Waals surface area contributed by atoms with Crippen LogP contribution in [-0.4, -0.2) is 17.1 Å². The minimum atomic E-state index is -0.287. The Bertz CT molecular complexity index is 537. The second-order valence-corrected chi connectivity index (χ2v) is 4.14. The van der Waals surface area contributed by atoms with Crippen molar-refractivity contribution in [3.8, 4) is 0 Å². The molecule has 5 nitrogen and oxygen atoms in total. The maximum atomic E-state index is 11.6. The van der Waals surface area contributed by atoms with Crippen molar-refractivity contribution in [3.63, 3.8) is 0 Å². The number of hydrogen-bond donors (Lipinski definition) is 1. The van der Waals surface area contributed by atoms with Gasteiger partial charge in [-0.3, -0.25) is 9.78 Å². The number of aromatic nitrogens is 1. The van der Waals surface area contributed by atoms with Gasteiger partial charge in [0.2, 0.25) is 0 Å². The third kappa shape index (κ3) is 3.38. The van der Waals surface area contributed by atoms with Gasteiger partial charge >= 0.3 is 0 Å². The van der Waals surface area contributed by atoms with Crippen LogP contribution in [0, 0.1) is 3.77 Å². The fraction of sp³-hybridized carbons (Fsp3) is 0. The zero-order chi connectivity index (χ0) is 12.1. The van der Waals surface area contributed by atoms with E-state index < -0.39 is 0 Å². The highest BCUT2D eigenvalue weighted by Crippen LogP contribution is 2.07. The summed E-state index contributed by atoms with van der Waals surface area (Å²) >= 11 is 2.05. The molecule has 2 rings (SSSR count). The molecule has 2 heterocycles. The maximum Gasteiger partial charge on any atom is 0.271 e. The summed E-state index contributed by atoms with van der Waals surface area (Å²) < 4.78 is 6.02. The monoisotopic (exact) mass is 341 g/mol. The largest absolute Gasteiger partial charge is 0.449 e. The van der Waals surface area contributed by atoms with Gasteiger partial charge in [0.1, 0.15) is 5.76 Å². The molecule has 0 aliphatic heterocycles. The second kappa shape index (κ2) is 5.58. The van der Waals surface area contributed by atoms with Crippen LogP contribution in [0.2, 0.25) is 0 Å². The Kier molecular flexibility index (Phi) is 3.86. The minimum absolute atomic E-state index is 0.287. The zero-order valence-electron chi connectivity index (χ0n) is 8.63. The first-order valence-electron chi connectivity index (χ1n) is 4.74. The number of nitrogens with one attached hydrogen (secondary N) is 1. The Morgan fingerprint density at radius 1 is 1.35 bits per heavy atom. The van der Waals surface area contributed by atoms with Crippen molar-refractivity contribution < 1.29 is 9.21 Å². The number of carbonyl (C=O) groups excluding carboxylic acids is 1. The van der Waals surface area contributed by atoms with Gasteiger partial charge in [-0.1, -0.05) is 0 Å². The number of hydrogen-bond acceptors (Lipinski definition) is 4. The molecule has 86 valence electrons. The lowest BCUT2D eigenvalue weighted by Gasteiger charge is -1.97. The molecule has 0 aliphatic carbocycles. The first-order chi connectivity index (χ1) is 8.25. The van der Waals surface area contributed by atoms with E-state index in [9.17, 15) is 4.79 Å². The van der Waals surface area contributed by atoms with Crippen LogP contribution in [0.15, 0.2) is 46.2 Å². The molecule has 2 aromatic heterocycles. The molecule has 0 saturated carbocycles. The van der Waals surface area contributed by atoms with Crippen LogP contribution >= 0.6 is 22.6 Å². The first-order valence-corrected chi connectivity index (χ1v) is 5.82. The minimum Gasteiger partial charge on any atom is -0.449 e. The van der Waals surface area contributed by atoms with Gasteiger partial charge in [0.25, 0.3) is 5.91 Å². The van der Waals surface area contributed by atoms with Gasteiger partial charge in [0.15, 0.2) is 3.77 Å². The lowest BCUT2D eigenvalue weighted by atomic mass is 10.3. The summed E-state index contributed by atoms with van der Waals surface area (Å²) in [4.78, 5) is 15.4. The highest BCUT2D eigenvalue weighted by atomic mass is 127.